The number of nitrogens with one attached hydrogen (secondary N) is 1. The van der Waals surface area contributed by atoms with Crippen LogP contribution in [0, 0.1) is 16.0 Å². The van der Waals surface area contributed by atoms with E-state index in [2.05, 4.69) is 12.2 Å². The molecule has 0 saturated carbocycles. The van der Waals surface area contributed by atoms with Crippen LogP contribution in [0.5, 0.6) is 0 Å². The highest BCUT2D eigenvalue weighted by Crippen LogP contribution is 2.26. The summed E-state index contributed by atoms with van der Waals surface area (Å²) in [6.45, 7) is 3.54. The number of halogens is 1. The Labute approximate surface area is 167 Å². The van der Waals surface area contributed by atoms with Gasteiger partial charge < -0.3 is 10.2 Å². The number of carbonyl (C=O) groups is 2. The second-order valence-corrected chi connectivity index (χ2v) is 7.30. The molecule has 0 spiro atoms. The number of amides is 2. The number of para-hydroxylation sites is 1. The second-order valence-electron chi connectivity index (χ2n) is 6.90. The van der Waals surface area contributed by atoms with Gasteiger partial charge in [-0.3, -0.25) is 19.7 Å². The van der Waals surface area contributed by atoms with Crippen LogP contribution in [-0.4, -0.2) is 34.7 Å². The average Bonchev–Trinajstić information content (AvgIpc) is 2.68. The summed E-state index contributed by atoms with van der Waals surface area (Å²) in [5.74, 6) is -0.0862. The van der Waals surface area contributed by atoms with Crippen LogP contribution in [0.1, 0.15) is 40.5 Å². The van der Waals surface area contributed by atoms with E-state index in [1.165, 1.54) is 12.1 Å². The van der Waals surface area contributed by atoms with Gasteiger partial charge in [0.05, 0.1) is 16.2 Å². The predicted octanol–water partition coefficient (Wildman–Crippen LogP) is 4.37. The molecule has 0 radical (unpaired) electrons. The van der Waals surface area contributed by atoms with Gasteiger partial charge in [-0.25, -0.2) is 0 Å². The summed E-state index contributed by atoms with van der Waals surface area (Å²) in [5.41, 5.74) is 0.508. The predicted molar refractivity (Wildman–Crippen MR) is 107 cm³/mol. The fourth-order valence-corrected chi connectivity index (χ4v) is 3.34. The molecule has 0 atom stereocenters. The van der Waals surface area contributed by atoms with Gasteiger partial charge in [0.15, 0.2) is 0 Å². The molecule has 0 aliphatic carbocycles. The summed E-state index contributed by atoms with van der Waals surface area (Å²) >= 11 is 5.80. The van der Waals surface area contributed by atoms with E-state index >= 15 is 0 Å². The molecule has 1 aliphatic heterocycles. The summed E-state index contributed by atoms with van der Waals surface area (Å²) in [6, 6.07) is 10.6. The van der Waals surface area contributed by atoms with Crippen LogP contribution in [0.2, 0.25) is 5.02 Å². The Hall–Kier alpha value is -2.93. The summed E-state index contributed by atoms with van der Waals surface area (Å²) < 4.78 is 0. The smallest absolute Gasteiger partial charge is 0.288 e. The Morgan fingerprint density at radius 3 is 2.54 bits per heavy atom. The van der Waals surface area contributed by atoms with Crippen LogP contribution < -0.4 is 5.32 Å². The lowest BCUT2D eigenvalue weighted by atomic mass is 9.98. The van der Waals surface area contributed by atoms with E-state index in [1.807, 2.05) is 0 Å². The highest BCUT2D eigenvalue weighted by atomic mass is 35.5. The van der Waals surface area contributed by atoms with Crippen molar-refractivity contribution >= 4 is 34.8 Å². The number of hydrogen-bond acceptors (Lipinski definition) is 4. The maximum Gasteiger partial charge on any atom is 0.288 e. The molecule has 0 unspecified atom stereocenters. The molecule has 28 heavy (non-hydrogen) atoms. The Balaban J connectivity index is 1.82. The van der Waals surface area contributed by atoms with E-state index < -0.39 is 10.8 Å². The molecule has 0 bridgehead atoms. The number of carbonyl (C=O) groups excluding carboxylic acids is 2. The van der Waals surface area contributed by atoms with Crippen LogP contribution in [-0.2, 0) is 0 Å². The van der Waals surface area contributed by atoms with Crippen molar-refractivity contribution in [2.24, 2.45) is 5.92 Å². The Kier molecular flexibility index (Phi) is 5.94. The van der Waals surface area contributed by atoms with Crippen LogP contribution in [0.15, 0.2) is 42.5 Å². The van der Waals surface area contributed by atoms with Crippen LogP contribution in [0.3, 0.4) is 0 Å². The molecule has 2 aromatic carbocycles. The molecular weight excluding hydrogens is 382 g/mol. The van der Waals surface area contributed by atoms with E-state index in [0.29, 0.717) is 30.3 Å². The molecule has 3 rings (SSSR count). The number of anilines is 1. The van der Waals surface area contributed by atoms with Gasteiger partial charge in [0.1, 0.15) is 5.02 Å². The third-order valence-electron chi connectivity index (χ3n) is 4.88. The van der Waals surface area contributed by atoms with Crippen molar-refractivity contribution in [1.29, 1.82) is 0 Å². The fourth-order valence-electron chi connectivity index (χ4n) is 3.15. The number of rotatable bonds is 4. The highest BCUT2D eigenvalue weighted by molar-refractivity contribution is 6.32. The molecule has 2 amide bonds. The summed E-state index contributed by atoms with van der Waals surface area (Å²) in [7, 11) is 0. The normalized spacial score (nSPS) is 14.6. The van der Waals surface area contributed by atoms with Crippen molar-refractivity contribution in [2.45, 2.75) is 19.8 Å². The Morgan fingerprint density at radius 2 is 1.86 bits per heavy atom. The van der Waals surface area contributed by atoms with Crippen molar-refractivity contribution in [3.8, 4) is 0 Å². The number of piperidine rings is 1. The van der Waals surface area contributed by atoms with Gasteiger partial charge in [0.25, 0.3) is 17.5 Å². The first kappa shape index (κ1) is 19.8. The molecule has 146 valence electrons. The maximum atomic E-state index is 12.9. The largest absolute Gasteiger partial charge is 0.339 e. The fraction of sp³-hybridized carbons (Fsp3) is 0.300. The monoisotopic (exact) mass is 401 g/mol. The molecule has 1 saturated heterocycles. The molecule has 1 fully saturated rings. The van der Waals surface area contributed by atoms with Gasteiger partial charge in [-0.1, -0.05) is 30.7 Å². The van der Waals surface area contributed by atoms with Crippen molar-refractivity contribution in [3.05, 3.63) is 68.7 Å². The molecule has 0 aromatic heterocycles. The average molecular weight is 402 g/mol. The Morgan fingerprint density at radius 1 is 1.18 bits per heavy atom. The molecule has 1 N–H and O–H groups in total. The third-order valence-corrected chi connectivity index (χ3v) is 5.20. The lowest BCUT2D eigenvalue weighted by molar-refractivity contribution is -0.384. The van der Waals surface area contributed by atoms with Gasteiger partial charge in [-0.2, -0.15) is 0 Å². The van der Waals surface area contributed by atoms with Crippen molar-refractivity contribution < 1.29 is 14.5 Å². The molecule has 1 heterocycles. The summed E-state index contributed by atoms with van der Waals surface area (Å²) in [5, 5.41) is 13.7. The molecular formula is C20H20ClN3O4. The van der Waals surface area contributed by atoms with Crippen molar-refractivity contribution in [1.82, 2.24) is 4.90 Å². The molecule has 7 nitrogen and oxygen atoms in total. The second kappa shape index (κ2) is 8.39. The van der Waals surface area contributed by atoms with Gasteiger partial charge in [-0.15, -0.1) is 0 Å². The van der Waals surface area contributed by atoms with Crippen molar-refractivity contribution in [2.75, 3.05) is 18.4 Å². The standard InChI is InChI=1S/C20H20ClN3O4/c1-13-8-10-23(11-9-13)20(26)15-4-2-3-5-17(15)22-19(25)14-6-7-16(21)18(12-14)24(27)28/h2-7,12-13H,8-11H2,1H3,(H,22,25). The molecule has 1 aliphatic rings. The topological polar surface area (TPSA) is 92.6 Å². The zero-order valence-corrected chi connectivity index (χ0v) is 16.1. The van der Waals surface area contributed by atoms with Crippen LogP contribution in [0.4, 0.5) is 11.4 Å². The Bertz CT molecular complexity index is 923. The minimum Gasteiger partial charge on any atom is -0.339 e. The van der Waals surface area contributed by atoms with Crippen LogP contribution >= 0.6 is 11.6 Å². The van der Waals surface area contributed by atoms with E-state index in [-0.39, 0.29) is 22.2 Å². The van der Waals surface area contributed by atoms with Crippen molar-refractivity contribution in [3.63, 3.8) is 0 Å². The minimum atomic E-state index is -0.645. The molecule has 8 heteroatoms. The number of hydrogen-bond donors (Lipinski definition) is 1. The SMILES string of the molecule is CC1CCN(C(=O)c2ccccc2NC(=O)c2ccc(Cl)c([N+](=O)[O-])c2)CC1. The van der Waals surface area contributed by atoms with E-state index in [4.69, 9.17) is 11.6 Å². The lowest BCUT2D eigenvalue weighted by Gasteiger charge is -2.30. The third kappa shape index (κ3) is 4.31. The first-order valence-corrected chi connectivity index (χ1v) is 9.38. The summed E-state index contributed by atoms with van der Waals surface area (Å²) in [4.78, 5) is 37.7. The van der Waals surface area contributed by atoms with Gasteiger partial charge in [0.2, 0.25) is 0 Å². The number of likely N-dealkylation sites (tertiary alicyclic amines) is 1. The lowest BCUT2D eigenvalue weighted by Crippen LogP contribution is -2.38. The minimum absolute atomic E-state index is 0.0449. The van der Waals surface area contributed by atoms with Gasteiger partial charge >= 0.3 is 0 Å². The molecule has 2 aromatic rings. The first-order valence-electron chi connectivity index (χ1n) is 9.00. The number of nitro groups is 1. The quantitative estimate of drug-likeness (QED) is 0.608. The van der Waals surface area contributed by atoms with E-state index in [1.54, 1.807) is 29.2 Å². The zero-order chi connectivity index (χ0) is 20.3. The first-order chi connectivity index (χ1) is 13.4. The van der Waals surface area contributed by atoms with Crippen LogP contribution in [0.25, 0.3) is 0 Å². The number of nitro benzene ring substituents is 1. The number of benzene rings is 2. The number of nitrogens with zero attached hydrogens (tertiary/aromatic N) is 2. The zero-order valence-electron chi connectivity index (χ0n) is 15.4. The highest BCUT2D eigenvalue weighted by Gasteiger charge is 2.24. The van der Waals surface area contributed by atoms with E-state index in [9.17, 15) is 19.7 Å². The summed E-state index contributed by atoms with van der Waals surface area (Å²) in [6.07, 6.45) is 1.91. The van der Waals surface area contributed by atoms with Gasteiger partial charge in [-0.05, 0) is 43.0 Å². The van der Waals surface area contributed by atoms with E-state index in [0.717, 1.165) is 18.9 Å². The van der Waals surface area contributed by atoms with Gasteiger partial charge in [0, 0.05) is 24.7 Å². The maximum absolute atomic E-state index is 12.9.